The number of halogens is 5. The van der Waals surface area contributed by atoms with Crippen molar-refractivity contribution in [1.29, 1.82) is 5.26 Å². The summed E-state index contributed by atoms with van der Waals surface area (Å²) in [4.78, 5) is 3.36. The molecule has 0 atom stereocenters. The van der Waals surface area contributed by atoms with Crippen molar-refractivity contribution in [1.82, 2.24) is 4.98 Å². The largest absolute Gasteiger partial charge is 0.416 e. The third-order valence-corrected chi connectivity index (χ3v) is 2.19. The number of pyridine rings is 1. The fourth-order valence-corrected chi connectivity index (χ4v) is 1.45. The van der Waals surface area contributed by atoms with Crippen LogP contribution in [0.3, 0.4) is 0 Å². The van der Waals surface area contributed by atoms with E-state index in [4.69, 9.17) is 11.0 Å². The lowest BCUT2D eigenvalue weighted by Crippen LogP contribution is -2.16. The summed E-state index contributed by atoms with van der Waals surface area (Å²) in [6.07, 6.45) is -8.81. The third kappa shape index (κ3) is 2.92. The van der Waals surface area contributed by atoms with Crippen molar-refractivity contribution in [2.45, 2.75) is 25.6 Å². The predicted octanol–water partition coefficient (Wildman–Crippen LogP) is 2.56. The number of aromatic nitrogens is 1. The van der Waals surface area contributed by atoms with Gasteiger partial charge in [-0.3, -0.25) is 4.98 Å². The van der Waals surface area contributed by atoms with Crippen LogP contribution < -0.4 is 5.73 Å². The molecule has 3 nitrogen and oxygen atoms in total. The van der Waals surface area contributed by atoms with Gasteiger partial charge in [-0.25, -0.2) is 8.78 Å². The van der Waals surface area contributed by atoms with E-state index in [0.29, 0.717) is 6.07 Å². The maximum Gasteiger partial charge on any atom is 0.416 e. The molecule has 0 amide bonds. The van der Waals surface area contributed by atoms with Crippen molar-refractivity contribution in [2.24, 2.45) is 5.73 Å². The highest BCUT2D eigenvalue weighted by Crippen LogP contribution is 2.36. The van der Waals surface area contributed by atoms with Crippen LogP contribution in [0.25, 0.3) is 0 Å². The zero-order valence-corrected chi connectivity index (χ0v) is 8.93. The molecule has 1 heterocycles. The summed E-state index contributed by atoms with van der Waals surface area (Å²) in [5.41, 5.74) is 1.71. The van der Waals surface area contributed by atoms with Crippen LogP contribution in [0.15, 0.2) is 6.07 Å². The van der Waals surface area contributed by atoms with Gasteiger partial charge in [0.1, 0.15) is 5.69 Å². The topological polar surface area (TPSA) is 62.7 Å². The van der Waals surface area contributed by atoms with Gasteiger partial charge in [0, 0.05) is 12.1 Å². The number of nitrogens with zero attached hydrogens (tertiary/aromatic N) is 2. The molecule has 0 aliphatic rings. The summed E-state index contributed by atoms with van der Waals surface area (Å²) in [5.74, 6) is 0. The second-order valence-electron chi connectivity index (χ2n) is 3.36. The molecule has 1 aromatic rings. The Hall–Kier alpha value is -1.75. The molecule has 0 spiro atoms. The Morgan fingerprint density at radius 1 is 1.39 bits per heavy atom. The average molecular weight is 265 g/mol. The number of hydrogen-bond donors (Lipinski definition) is 1. The summed E-state index contributed by atoms with van der Waals surface area (Å²) < 4.78 is 63.4. The average Bonchev–Trinajstić information content (AvgIpc) is 2.27. The SMILES string of the molecule is N#CCc1c(C(F)(F)F)cc(CN)nc1C(F)F. The molecule has 1 aromatic heterocycles. The van der Waals surface area contributed by atoms with E-state index in [1.807, 2.05) is 0 Å². The summed E-state index contributed by atoms with van der Waals surface area (Å²) in [6, 6.07) is 2.02. The molecule has 0 saturated carbocycles. The van der Waals surface area contributed by atoms with Crippen LogP contribution in [0.1, 0.15) is 28.9 Å². The Morgan fingerprint density at radius 2 is 2.00 bits per heavy atom. The van der Waals surface area contributed by atoms with Crippen LogP contribution in [0.4, 0.5) is 22.0 Å². The molecule has 0 aromatic carbocycles. The fourth-order valence-electron chi connectivity index (χ4n) is 1.45. The third-order valence-electron chi connectivity index (χ3n) is 2.19. The van der Waals surface area contributed by atoms with Crippen LogP contribution in [0.2, 0.25) is 0 Å². The van der Waals surface area contributed by atoms with Gasteiger partial charge >= 0.3 is 6.18 Å². The van der Waals surface area contributed by atoms with E-state index in [1.165, 1.54) is 6.07 Å². The van der Waals surface area contributed by atoms with Gasteiger partial charge in [-0.1, -0.05) is 0 Å². The molecular formula is C10H8F5N3. The van der Waals surface area contributed by atoms with E-state index in [-0.39, 0.29) is 5.69 Å². The monoisotopic (exact) mass is 265 g/mol. The molecule has 1 rings (SSSR count). The van der Waals surface area contributed by atoms with Gasteiger partial charge in [0.05, 0.1) is 23.7 Å². The Balaban J connectivity index is 3.56. The minimum absolute atomic E-state index is 0.292. The Labute approximate surface area is 99.0 Å². The number of nitriles is 1. The minimum Gasteiger partial charge on any atom is -0.325 e. The Bertz CT molecular complexity index is 476. The van der Waals surface area contributed by atoms with Crippen molar-refractivity contribution in [3.05, 3.63) is 28.6 Å². The number of alkyl halides is 5. The molecule has 2 N–H and O–H groups in total. The van der Waals surface area contributed by atoms with Crippen molar-refractivity contribution >= 4 is 0 Å². The van der Waals surface area contributed by atoms with Gasteiger partial charge in [0.25, 0.3) is 6.43 Å². The molecule has 0 bridgehead atoms. The smallest absolute Gasteiger partial charge is 0.325 e. The quantitative estimate of drug-likeness (QED) is 0.854. The van der Waals surface area contributed by atoms with Gasteiger partial charge in [-0.2, -0.15) is 18.4 Å². The first-order valence-corrected chi connectivity index (χ1v) is 4.76. The standard InChI is InChI=1S/C10H8F5N3/c11-9(12)8-6(1-2-16)7(10(13,14)15)3-5(4-17)18-8/h3,9H,1,4,17H2. The van der Waals surface area contributed by atoms with Crippen molar-refractivity contribution in [3.63, 3.8) is 0 Å². The highest BCUT2D eigenvalue weighted by Gasteiger charge is 2.36. The summed E-state index contributed by atoms with van der Waals surface area (Å²) in [5, 5.41) is 8.43. The van der Waals surface area contributed by atoms with E-state index >= 15 is 0 Å². The van der Waals surface area contributed by atoms with Gasteiger partial charge in [0.15, 0.2) is 0 Å². The molecule has 0 aliphatic heterocycles. The summed E-state index contributed by atoms with van der Waals surface area (Å²) in [6.45, 7) is -0.393. The lowest BCUT2D eigenvalue weighted by atomic mass is 10.0. The first-order chi connectivity index (χ1) is 8.31. The molecule has 0 saturated heterocycles. The molecule has 8 heteroatoms. The first-order valence-electron chi connectivity index (χ1n) is 4.76. The van der Waals surface area contributed by atoms with E-state index in [1.54, 1.807) is 0 Å². The van der Waals surface area contributed by atoms with Crippen LogP contribution in [-0.4, -0.2) is 4.98 Å². The van der Waals surface area contributed by atoms with Crippen molar-refractivity contribution in [3.8, 4) is 6.07 Å². The van der Waals surface area contributed by atoms with Crippen LogP contribution >= 0.6 is 0 Å². The summed E-state index contributed by atoms with van der Waals surface area (Å²) >= 11 is 0. The van der Waals surface area contributed by atoms with Crippen LogP contribution in [-0.2, 0) is 19.1 Å². The maximum atomic E-state index is 12.7. The van der Waals surface area contributed by atoms with E-state index in [2.05, 4.69) is 4.98 Å². The Kier molecular flexibility index (Phi) is 4.19. The number of hydrogen-bond acceptors (Lipinski definition) is 3. The van der Waals surface area contributed by atoms with Gasteiger partial charge < -0.3 is 5.73 Å². The normalized spacial score (nSPS) is 11.7. The van der Waals surface area contributed by atoms with Gasteiger partial charge in [-0.05, 0) is 6.07 Å². The van der Waals surface area contributed by atoms with Crippen molar-refractivity contribution < 1.29 is 22.0 Å². The number of nitrogens with two attached hydrogens (primary N) is 1. The molecule has 0 aliphatic carbocycles. The molecule has 0 fully saturated rings. The summed E-state index contributed by atoms with van der Waals surface area (Å²) in [7, 11) is 0. The molecular weight excluding hydrogens is 257 g/mol. The second kappa shape index (κ2) is 5.27. The predicted molar refractivity (Wildman–Crippen MR) is 51.4 cm³/mol. The van der Waals surface area contributed by atoms with Gasteiger partial charge in [0.2, 0.25) is 0 Å². The maximum absolute atomic E-state index is 12.7. The van der Waals surface area contributed by atoms with Gasteiger partial charge in [-0.15, -0.1) is 0 Å². The highest BCUT2D eigenvalue weighted by molar-refractivity contribution is 5.37. The van der Waals surface area contributed by atoms with E-state index in [9.17, 15) is 22.0 Å². The molecule has 18 heavy (non-hydrogen) atoms. The number of rotatable bonds is 3. The van der Waals surface area contributed by atoms with Crippen LogP contribution in [0.5, 0.6) is 0 Å². The lowest BCUT2D eigenvalue weighted by Gasteiger charge is -2.15. The highest BCUT2D eigenvalue weighted by atomic mass is 19.4. The van der Waals surface area contributed by atoms with Crippen LogP contribution in [0, 0.1) is 11.3 Å². The minimum atomic E-state index is -4.83. The first kappa shape index (κ1) is 14.3. The van der Waals surface area contributed by atoms with E-state index in [0.717, 1.165) is 0 Å². The Morgan fingerprint density at radius 3 is 2.39 bits per heavy atom. The molecule has 98 valence electrons. The lowest BCUT2D eigenvalue weighted by molar-refractivity contribution is -0.138. The zero-order valence-electron chi connectivity index (χ0n) is 8.93. The van der Waals surface area contributed by atoms with Crippen molar-refractivity contribution in [2.75, 3.05) is 0 Å². The molecule has 0 radical (unpaired) electrons. The van der Waals surface area contributed by atoms with E-state index < -0.39 is 42.4 Å². The fraction of sp³-hybridized carbons (Fsp3) is 0.400. The zero-order chi connectivity index (χ0) is 13.9. The second-order valence-corrected chi connectivity index (χ2v) is 3.36. The molecule has 0 unspecified atom stereocenters.